The van der Waals surface area contributed by atoms with Crippen LogP contribution in [0, 0.1) is 10.1 Å². The van der Waals surface area contributed by atoms with Gasteiger partial charge in [0.05, 0.1) is 61.8 Å². The number of carbonyl (C=O) groups is 2. The van der Waals surface area contributed by atoms with Gasteiger partial charge in [-0.15, -0.1) is 0 Å². The Labute approximate surface area is 224 Å². The van der Waals surface area contributed by atoms with Gasteiger partial charge in [0, 0.05) is 12.6 Å². The second-order valence-electron chi connectivity index (χ2n) is 9.39. The fourth-order valence-electron chi connectivity index (χ4n) is 5.14. The molecule has 2 aliphatic rings. The smallest absolute Gasteiger partial charge is 0.416 e. The molecule has 13 nitrogen and oxygen atoms in total. The molecule has 2 unspecified atom stereocenters. The molecular weight excluding hydrogens is 514 g/mol. The maximum absolute atomic E-state index is 13.7. The molecule has 2 amide bonds. The fraction of sp³-hybridized carbons (Fsp3) is 0.462. The summed E-state index contributed by atoms with van der Waals surface area (Å²) in [5, 5.41) is 23.3. The van der Waals surface area contributed by atoms with E-state index >= 15 is 0 Å². The highest BCUT2D eigenvalue weighted by Gasteiger charge is 2.51. The van der Waals surface area contributed by atoms with Gasteiger partial charge >= 0.3 is 6.09 Å². The minimum absolute atomic E-state index is 0.0458. The standard InChI is InChI=1S/C26H31N3O10/c1-26-8-6-7-9-27(26)23(30)16-11-20(36-3)22(38-5)13-18(16)28(24(26)31)25(32)39-14-15-10-19(35-2)21(37-4)12-17(15)29(33)34/h10-13,24,31H,6-9,14H2,1-5H3. The second-order valence-corrected chi connectivity index (χ2v) is 9.39. The van der Waals surface area contributed by atoms with Gasteiger partial charge in [-0.1, -0.05) is 0 Å². The molecule has 0 bridgehead atoms. The Morgan fingerprint density at radius 2 is 1.62 bits per heavy atom. The number of amides is 2. The number of benzene rings is 2. The first-order valence-electron chi connectivity index (χ1n) is 12.2. The van der Waals surface area contributed by atoms with Gasteiger partial charge in [-0.3, -0.25) is 14.9 Å². The Morgan fingerprint density at radius 3 is 2.23 bits per heavy atom. The third-order valence-corrected chi connectivity index (χ3v) is 7.30. The first-order valence-corrected chi connectivity index (χ1v) is 12.2. The van der Waals surface area contributed by atoms with Crippen molar-refractivity contribution in [3.05, 3.63) is 45.5 Å². The number of anilines is 1. The third-order valence-electron chi connectivity index (χ3n) is 7.30. The summed E-state index contributed by atoms with van der Waals surface area (Å²) >= 11 is 0. The highest BCUT2D eigenvalue weighted by molar-refractivity contribution is 6.06. The molecule has 2 aliphatic heterocycles. The van der Waals surface area contributed by atoms with Crippen LogP contribution in [0.15, 0.2) is 24.3 Å². The number of piperidine rings is 1. The molecule has 2 atom stereocenters. The number of nitro groups is 1. The number of fused-ring (bicyclic) bond motifs is 2. The monoisotopic (exact) mass is 545 g/mol. The van der Waals surface area contributed by atoms with Crippen LogP contribution < -0.4 is 23.8 Å². The zero-order valence-electron chi connectivity index (χ0n) is 22.4. The number of methoxy groups -OCH3 is 4. The van der Waals surface area contributed by atoms with Crippen molar-refractivity contribution in [1.82, 2.24) is 4.90 Å². The maximum Gasteiger partial charge on any atom is 0.416 e. The number of nitro benzene ring substituents is 1. The number of rotatable bonds is 7. The first-order chi connectivity index (χ1) is 18.6. The summed E-state index contributed by atoms with van der Waals surface area (Å²) < 4.78 is 26.7. The lowest BCUT2D eigenvalue weighted by molar-refractivity contribution is -0.385. The lowest BCUT2D eigenvalue weighted by atomic mass is 9.86. The van der Waals surface area contributed by atoms with Gasteiger partial charge in [0.15, 0.2) is 29.2 Å². The molecular formula is C26H31N3O10. The number of hydrogen-bond acceptors (Lipinski definition) is 10. The summed E-state index contributed by atoms with van der Waals surface area (Å²) in [6.07, 6.45) is -0.589. The van der Waals surface area contributed by atoms with E-state index in [2.05, 4.69) is 0 Å². The summed E-state index contributed by atoms with van der Waals surface area (Å²) in [5.74, 6) is 0.477. The normalized spacial score (nSPS) is 20.4. The van der Waals surface area contributed by atoms with Crippen molar-refractivity contribution in [2.75, 3.05) is 39.9 Å². The van der Waals surface area contributed by atoms with Gasteiger partial charge in [-0.25, -0.2) is 9.69 Å². The Balaban J connectivity index is 1.78. The van der Waals surface area contributed by atoms with Gasteiger partial charge < -0.3 is 33.7 Å². The van der Waals surface area contributed by atoms with Crippen LogP contribution in [0.3, 0.4) is 0 Å². The summed E-state index contributed by atoms with van der Waals surface area (Å²) in [6, 6.07) is 5.41. The zero-order chi connectivity index (χ0) is 28.5. The van der Waals surface area contributed by atoms with E-state index in [9.17, 15) is 24.8 Å². The quantitative estimate of drug-likeness (QED) is 0.404. The molecule has 0 aliphatic carbocycles. The minimum Gasteiger partial charge on any atom is -0.493 e. The Kier molecular flexibility index (Phi) is 7.72. The van der Waals surface area contributed by atoms with E-state index in [4.69, 9.17) is 23.7 Å². The van der Waals surface area contributed by atoms with Crippen molar-refractivity contribution in [1.29, 1.82) is 0 Å². The van der Waals surface area contributed by atoms with Gasteiger partial charge in [-0.05, 0) is 38.3 Å². The first kappa shape index (κ1) is 27.8. The summed E-state index contributed by atoms with van der Waals surface area (Å²) in [6.45, 7) is 1.59. The molecule has 13 heteroatoms. The lowest BCUT2D eigenvalue weighted by Gasteiger charge is -2.47. The molecule has 0 radical (unpaired) electrons. The fourth-order valence-corrected chi connectivity index (χ4v) is 5.14. The lowest BCUT2D eigenvalue weighted by Crippen LogP contribution is -2.63. The van der Waals surface area contributed by atoms with Gasteiger partial charge in [0.1, 0.15) is 6.61 Å². The van der Waals surface area contributed by atoms with Gasteiger partial charge in [0.2, 0.25) is 0 Å². The molecule has 1 N–H and O–H groups in total. The highest BCUT2D eigenvalue weighted by Crippen LogP contribution is 2.44. The van der Waals surface area contributed by atoms with E-state index in [0.29, 0.717) is 13.0 Å². The molecule has 1 fully saturated rings. The Hall–Kier alpha value is -4.26. The van der Waals surface area contributed by atoms with E-state index in [0.717, 1.165) is 17.7 Å². The summed E-state index contributed by atoms with van der Waals surface area (Å²) in [5.41, 5.74) is -1.24. The average Bonchev–Trinajstić information content (AvgIpc) is 3.01. The molecule has 2 aromatic rings. The maximum atomic E-state index is 13.7. The molecule has 2 heterocycles. The Bertz CT molecular complexity index is 1300. The number of hydrogen-bond donors (Lipinski definition) is 1. The zero-order valence-corrected chi connectivity index (χ0v) is 22.4. The highest BCUT2D eigenvalue weighted by atomic mass is 16.6. The summed E-state index contributed by atoms with van der Waals surface area (Å²) in [4.78, 5) is 41.0. The molecule has 0 spiro atoms. The summed E-state index contributed by atoms with van der Waals surface area (Å²) in [7, 11) is 5.55. The SMILES string of the molecule is COc1cc(COC(=O)N2c3cc(OC)c(OC)cc3C(=O)N3CCCCC3(C)C2O)c([N+](=O)[O-])cc1OC. The molecule has 210 valence electrons. The molecule has 0 saturated carbocycles. The molecule has 4 rings (SSSR count). The average molecular weight is 546 g/mol. The van der Waals surface area contributed by atoms with Crippen LogP contribution in [0.1, 0.15) is 42.1 Å². The molecule has 0 aromatic heterocycles. The predicted molar refractivity (Wildman–Crippen MR) is 138 cm³/mol. The van der Waals surface area contributed by atoms with Crippen LogP contribution in [0.25, 0.3) is 0 Å². The van der Waals surface area contributed by atoms with E-state index in [1.54, 1.807) is 11.8 Å². The molecule has 2 aromatic carbocycles. The van der Waals surface area contributed by atoms with Crippen molar-refractivity contribution in [2.24, 2.45) is 0 Å². The van der Waals surface area contributed by atoms with Gasteiger partial charge in [-0.2, -0.15) is 0 Å². The number of ether oxygens (including phenoxy) is 5. The van der Waals surface area contributed by atoms with Crippen molar-refractivity contribution in [3.63, 3.8) is 0 Å². The second kappa shape index (κ2) is 10.8. The van der Waals surface area contributed by atoms with Crippen LogP contribution in [0.2, 0.25) is 0 Å². The largest absolute Gasteiger partial charge is 0.493 e. The van der Waals surface area contributed by atoms with E-state index in [1.165, 1.54) is 52.7 Å². The number of carbonyl (C=O) groups excluding carboxylic acids is 2. The van der Waals surface area contributed by atoms with E-state index in [-0.39, 0.29) is 51.4 Å². The van der Waals surface area contributed by atoms with Crippen molar-refractivity contribution < 1.29 is 43.3 Å². The van der Waals surface area contributed by atoms with E-state index in [1.807, 2.05) is 0 Å². The topological polar surface area (TPSA) is 150 Å². The van der Waals surface area contributed by atoms with Crippen LogP contribution in [-0.4, -0.2) is 73.7 Å². The number of aliphatic hydroxyl groups excluding tert-OH is 1. The molecule has 1 saturated heterocycles. The van der Waals surface area contributed by atoms with Crippen molar-refractivity contribution in [3.8, 4) is 23.0 Å². The molecule has 39 heavy (non-hydrogen) atoms. The predicted octanol–water partition coefficient (Wildman–Crippen LogP) is 3.49. The number of nitrogens with zero attached hydrogens (tertiary/aromatic N) is 3. The van der Waals surface area contributed by atoms with Crippen molar-refractivity contribution >= 4 is 23.4 Å². The van der Waals surface area contributed by atoms with Gasteiger partial charge in [0.25, 0.3) is 11.6 Å². The van der Waals surface area contributed by atoms with Crippen LogP contribution in [0.5, 0.6) is 23.0 Å². The van der Waals surface area contributed by atoms with Crippen molar-refractivity contribution in [2.45, 2.75) is 44.6 Å². The van der Waals surface area contributed by atoms with Crippen LogP contribution >= 0.6 is 0 Å². The number of aliphatic hydroxyl groups is 1. The van der Waals surface area contributed by atoms with Crippen LogP contribution in [0.4, 0.5) is 16.2 Å². The third kappa shape index (κ3) is 4.73. The van der Waals surface area contributed by atoms with Crippen LogP contribution in [-0.2, 0) is 11.3 Å². The van der Waals surface area contributed by atoms with E-state index < -0.39 is 29.4 Å². The minimum atomic E-state index is -1.49. The Morgan fingerprint density at radius 1 is 1.03 bits per heavy atom.